The van der Waals surface area contributed by atoms with E-state index in [4.69, 9.17) is 0 Å². The number of nitrogens with zero attached hydrogens (tertiary/aromatic N) is 1. The number of nitrogens with one attached hydrogen (secondary N) is 2. The van der Waals surface area contributed by atoms with Crippen molar-refractivity contribution in [2.45, 2.75) is 18.9 Å². The van der Waals surface area contributed by atoms with Gasteiger partial charge in [0, 0.05) is 26.1 Å². The van der Waals surface area contributed by atoms with Gasteiger partial charge in [0.1, 0.15) is 6.04 Å². The Morgan fingerprint density at radius 3 is 2.71 bits per heavy atom. The minimum atomic E-state index is -1.01. The lowest BCUT2D eigenvalue weighted by molar-refractivity contribution is -0.139. The van der Waals surface area contributed by atoms with Crippen molar-refractivity contribution in [1.82, 2.24) is 15.5 Å². The number of rotatable bonds is 4. The van der Waals surface area contributed by atoms with Crippen LogP contribution in [-0.2, 0) is 11.2 Å². The maximum Gasteiger partial charge on any atom is 0.326 e. The molecule has 6 nitrogen and oxygen atoms in total. The number of amides is 2. The first kappa shape index (κ1) is 15.3. The average molecular weight is 291 g/mol. The van der Waals surface area contributed by atoms with Gasteiger partial charge in [-0.2, -0.15) is 0 Å². The molecule has 0 radical (unpaired) electrons. The Balaban J connectivity index is 1.95. The third kappa shape index (κ3) is 4.75. The Morgan fingerprint density at radius 1 is 1.24 bits per heavy atom. The fraction of sp³-hybridized carbons (Fsp3) is 0.467. The molecule has 2 rings (SSSR count). The Hall–Kier alpha value is -2.08. The first-order chi connectivity index (χ1) is 10.2. The van der Waals surface area contributed by atoms with Crippen molar-refractivity contribution in [2.75, 3.05) is 26.2 Å². The van der Waals surface area contributed by atoms with Crippen molar-refractivity contribution in [3.63, 3.8) is 0 Å². The Labute approximate surface area is 124 Å². The van der Waals surface area contributed by atoms with Crippen molar-refractivity contribution in [3.05, 3.63) is 35.9 Å². The molecule has 0 aliphatic carbocycles. The van der Waals surface area contributed by atoms with E-state index in [1.807, 2.05) is 30.3 Å². The molecule has 0 bridgehead atoms. The first-order valence-corrected chi connectivity index (χ1v) is 7.19. The molecule has 1 aliphatic rings. The summed E-state index contributed by atoms with van der Waals surface area (Å²) in [5.74, 6) is -1.01. The minimum Gasteiger partial charge on any atom is -0.480 e. The predicted octanol–water partition coefficient (Wildman–Crippen LogP) is 0.687. The summed E-state index contributed by atoms with van der Waals surface area (Å²) in [7, 11) is 0. The van der Waals surface area contributed by atoms with Crippen LogP contribution < -0.4 is 10.6 Å². The second-order valence-corrected chi connectivity index (χ2v) is 5.12. The van der Waals surface area contributed by atoms with E-state index in [-0.39, 0.29) is 12.5 Å². The van der Waals surface area contributed by atoms with Crippen LogP contribution in [0.2, 0.25) is 0 Å². The zero-order valence-electron chi connectivity index (χ0n) is 11.9. The summed E-state index contributed by atoms with van der Waals surface area (Å²) in [6.07, 6.45) is 1.16. The van der Waals surface area contributed by atoms with Gasteiger partial charge in [0.2, 0.25) is 0 Å². The van der Waals surface area contributed by atoms with Gasteiger partial charge < -0.3 is 20.6 Å². The average Bonchev–Trinajstić information content (AvgIpc) is 2.76. The van der Waals surface area contributed by atoms with Gasteiger partial charge in [-0.25, -0.2) is 9.59 Å². The number of carboxylic acid groups (broad SMARTS) is 1. The summed E-state index contributed by atoms with van der Waals surface area (Å²) in [5.41, 5.74) is 0.891. The van der Waals surface area contributed by atoms with Crippen LogP contribution in [0, 0.1) is 0 Å². The molecule has 1 aromatic carbocycles. The van der Waals surface area contributed by atoms with E-state index < -0.39 is 12.0 Å². The van der Waals surface area contributed by atoms with E-state index >= 15 is 0 Å². The molecule has 2 amide bonds. The van der Waals surface area contributed by atoms with Gasteiger partial charge in [-0.3, -0.25) is 0 Å². The third-order valence-corrected chi connectivity index (χ3v) is 3.51. The summed E-state index contributed by atoms with van der Waals surface area (Å²) in [5, 5.41) is 15.1. The van der Waals surface area contributed by atoms with Crippen molar-refractivity contribution in [2.24, 2.45) is 0 Å². The first-order valence-electron chi connectivity index (χ1n) is 7.19. The molecule has 0 saturated carbocycles. The predicted molar refractivity (Wildman–Crippen MR) is 79.2 cm³/mol. The van der Waals surface area contributed by atoms with Crippen LogP contribution in [0.4, 0.5) is 4.79 Å². The van der Waals surface area contributed by atoms with Crippen LogP contribution in [0.25, 0.3) is 0 Å². The second kappa shape index (κ2) is 7.64. The van der Waals surface area contributed by atoms with Crippen molar-refractivity contribution in [1.29, 1.82) is 0 Å². The van der Waals surface area contributed by atoms with E-state index in [1.54, 1.807) is 4.90 Å². The van der Waals surface area contributed by atoms with E-state index in [2.05, 4.69) is 10.6 Å². The molecule has 1 saturated heterocycles. The summed E-state index contributed by atoms with van der Waals surface area (Å²) >= 11 is 0. The fourth-order valence-electron chi connectivity index (χ4n) is 2.34. The monoisotopic (exact) mass is 291 g/mol. The second-order valence-electron chi connectivity index (χ2n) is 5.12. The molecular weight excluding hydrogens is 270 g/mol. The van der Waals surface area contributed by atoms with Crippen LogP contribution in [0.5, 0.6) is 0 Å². The molecule has 1 aliphatic heterocycles. The normalized spacial score (nSPS) is 16.9. The molecule has 0 spiro atoms. The molecule has 6 heteroatoms. The third-order valence-electron chi connectivity index (χ3n) is 3.51. The molecule has 1 heterocycles. The van der Waals surface area contributed by atoms with Crippen LogP contribution in [0.15, 0.2) is 30.3 Å². The van der Waals surface area contributed by atoms with E-state index in [0.29, 0.717) is 13.1 Å². The molecule has 1 fully saturated rings. The van der Waals surface area contributed by atoms with Gasteiger partial charge in [-0.15, -0.1) is 0 Å². The molecule has 1 aromatic rings. The van der Waals surface area contributed by atoms with Gasteiger partial charge in [0.05, 0.1) is 0 Å². The summed E-state index contributed by atoms with van der Waals surface area (Å²) in [6.45, 7) is 2.88. The molecule has 114 valence electrons. The van der Waals surface area contributed by atoms with Crippen LogP contribution in [0.1, 0.15) is 12.0 Å². The summed E-state index contributed by atoms with van der Waals surface area (Å²) in [6, 6.07) is 8.10. The highest BCUT2D eigenvalue weighted by atomic mass is 16.4. The number of hydrogen-bond donors (Lipinski definition) is 3. The highest BCUT2D eigenvalue weighted by molar-refractivity contribution is 5.82. The Bertz CT molecular complexity index is 470. The Kier molecular flexibility index (Phi) is 5.57. The van der Waals surface area contributed by atoms with Crippen LogP contribution in [-0.4, -0.2) is 54.2 Å². The smallest absolute Gasteiger partial charge is 0.326 e. The molecule has 3 N–H and O–H groups in total. The van der Waals surface area contributed by atoms with E-state index in [9.17, 15) is 14.7 Å². The van der Waals surface area contributed by atoms with Gasteiger partial charge in [-0.05, 0) is 18.5 Å². The Morgan fingerprint density at radius 2 is 2.00 bits per heavy atom. The van der Waals surface area contributed by atoms with E-state index in [1.165, 1.54) is 0 Å². The zero-order chi connectivity index (χ0) is 15.1. The summed E-state index contributed by atoms with van der Waals surface area (Å²) in [4.78, 5) is 25.2. The number of carbonyl (C=O) groups is 2. The van der Waals surface area contributed by atoms with Gasteiger partial charge in [-0.1, -0.05) is 30.3 Å². The number of hydrogen-bond acceptors (Lipinski definition) is 3. The summed E-state index contributed by atoms with van der Waals surface area (Å²) < 4.78 is 0. The fourth-order valence-corrected chi connectivity index (χ4v) is 2.34. The number of urea groups is 1. The minimum absolute atomic E-state index is 0.286. The molecule has 1 atom stereocenters. The highest BCUT2D eigenvalue weighted by Crippen LogP contribution is 2.05. The largest absolute Gasteiger partial charge is 0.480 e. The number of carboxylic acids is 1. The number of aliphatic carboxylic acids is 1. The maximum atomic E-state index is 12.2. The lowest BCUT2D eigenvalue weighted by atomic mass is 10.1. The van der Waals surface area contributed by atoms with Gasteiger partial charge in [0.15, 0.2) is 0 Å². The standard InChI is InChI=1S/C15H21N3O3/c19-14(20)13(11-12-5-2-1-3-6-12)17-15(21)18-9-4-7-16-8-10-18/h1-3,5-6,13,16H,4,7-11H2,(H,17,21)(H,19,20)/t13-/m0/s1. The van der Waals surface area contributed by atoms with E-state index in [0.717, 1.165) is 25.1 Å². The molecule has 21 heavy (non-hydrogen) atoms. The van der Waals surface area contributed by atoms with Crippen molar-refractivity contribution in [3.8, 4) is 0 Å². The molecule has 0 unspecified atom stereocenters. The zero-order valence-corrected chi connectivity index (χ0v) is 11.9. The maximum absolute atomic E-state index is 12.2. The lowest BCUT2D eigenvalue weighted by Gasteiger charge is -2.23. The quantitative estimate of drug-likeness (QED) is 0.762. The number of carbonyl (C=O) groups excluding carboxylic acids is 1. The van der Waals surface area contributed by atoms with Crippen LogP contribution >= 0.6 is 0 Å². The SMILES string of the molecule is O=C(O)[C@H](Cc1ccccc1)NC(=O)N1CCCNCC1. The number of benzene rings is 1. The van der Waals surface area contributed by atoms with Gasteiger partial charge >= 0.3 is 12.0 Å². The molecule has 0 aromatic heterocycles. The lowest BCUT2D eigenvalue weighted by Crippen LogP contribution is -2.49. The topological polar surface area (TPSA) is 81.7 Å². The molecular formula is C15H21N3O3. The van der Waals surface area contributed by atoms with Crippen molar-refractivity contribution >= 4 is 12.0 Å². The van der Waals surface area contributed by atoms with Gasteiger partial charge in [0.25, 0.3) is 0 Å². The van der Waals surface area contributed by atoms with Crippen molar-refractivity contribution < 1.29 is 14.7 Å². The highest BCUT2D eigenvalue weighted by Gasteiger charge is 2.23. The van der Waals surface area contributed by atoms with Crippen LogP contribution in [0.3, 0.4) is 0 Å².